The topological polar surface area (TPSA) is 35.5 Å². The fourth-order valence-electron chi connectivity index (χ4n) is 2.07. The van der Waals surface area contributed by atoms with Gasteiger partial charge in [-0.3, -0.25) is 0 Å². The van der Waals surface area contributed by atoms with E-state index < -0.39 is 5.97 Å². The Hall–Kier alpha value is -2.00. The molecule has 0 saturated carbocycles. The molecule has 23 heavy (non-hydrogen) atoms. The molecular formula is C19H21ClO3. The SMILES string of the molecule is CCCCCCOc1ccc(OC(=O)c2ccc(Cl)cc2)cc1. The van der Waals surface area contributed by atoms with Crippen LogP contribution in [0.1, 0.15) is 43.0 Å². The van der Waals surface area contributed by atoms with Crippen LogP contribution in [0.3, 0.4) is 0 Å². The van der Waals surface area contributed by atoms with E-state index in [2.05, 4.69) is 6.92 Å². The zero-order valence-corrected chi connectivity index (χ0v) is 14.0. The van der Waals surface area contributed by atoms with Gasteiger partial charge < -0.3 is 9.47 Å². The summed E-state index contributed by atoms with van der Waals surface area (Å²) in [5.74, 6) is 0.867. The largest absolute Gasteiger partial charge is 0.494 e. The molecule has 2 aromatic rings. The number of rotatable bonds is 8. The van der Waals surface area contributed by atoms with Crippen LogP contribution in [0.15, 0.2) is 48.5 Å². The van der Waals surface area contributed by atoms with Gasteiger partial charge in [0.05, 0.1) is 12.2 Å². The Morgan fingerprint density at radius 2 is 1.57 bits per heavy atom. The molecule has 0 aliphatic heterocycles. The van der Waals surface area contributed by atoms with Crippen LogP contribution in [-0.4, -0.2) is 12.6 Å². The molecule has 0 saturated heterocycles. The third-order valence-corrected chi connectivity index (χ3v) is 3.63. The van der Waals surface area contributed by atoms with E-state index in [4.69, 9.17) is 21.1 Å². The van der Waals surface area contributed by atoms with Gasteiger partial charge >= 0.3 is 5.97 Å². The Bertz CT molecular complexity index is 606. The monoisotopic (exact) mass is 332 g/mol. The summed E-state index contributed by atoms with van der Waals surface area (Å²) in [6.45, 7) is 2.90. The standard InChI is InChI=1S/C19H21ClO3/c1-2-3-4-5-14-22-17-10-12-18(13-11-17)23-19(21)15-6-8-16(20)9-7-15/h6-13H,2-5,14H2,1H3. The fraction of sp³-hybridized carbons (Fsp3) is 0.316. The highest BCUT2D eigenvalue weighted by Gasteiger charge is 2.08. The highest BCUT2D eigenvalue weighted by molar-refractivity contribution is 6.30. The van der Waals surface area contributed by atoms with Crippen LogP contribution in [0.2, 0.25) is 5.02 Å². The van der Waals surface area contributed by atoms with Gasteiger partial charge in [-0.25, -0.2) is 4.79 Å². The summed E-state index contributed by atoms with van der Waals surface area (Å²) in [5.41, 5.74) is 0.464. The Labute approximate surface area is 142 Å². The second kappa shape index (κ2) is 9.21. The van der Waals surface area contributed by atoms with Crippen molar-refractivity contribution in [3.63, 3.8) is 0 Å². The number of hydrogen-bond acceptors (Lipinski definition) is 3. The molecule has 0 amide bonds. The number of hydrogen-bond donors (Lipinski definition) is 0. The van der Waals surface area contributed by atoms with E-state index in [0.717, 1.165) is 12.2 Å². The van der Waals surface area contributed by atoms with E-state index in [1.54, 1.807) is 36.4 Å². The van der Waals surface area contributed by atoms with E-state index in [1.807, 2.05) is 12.1 Å². The molecule has 0 aliphatic carbocycles. The van der Waals surface area contributed by atoms with Crippen LogP contribution in [0.25, 0.3) is 0 Å². The summed E-state index contributed by atoms with van der Waals surface area (Å²) in [4.78, 5) is 12.0. The number of carbonyl (C=O) groups is 1. The van der Waals surface area contributed by atoms with Crippen molar-refractivity contribution in [2.45, 2.75) is 32.6 Å². The van der Waals surface area contributed by atoms with Crippen LogP contribution < -0.4 is 9.47 Å². The summed E-state index contributed by atoms with van der Waals surface area (Å²) in [6, 6.07) is 13.7. The summed E-state index contributed by atoms with van der Waals surface area (Å²) < 4.78 is 11.0. The van der Waals surface area contributed by atoms with Crippen molar-refractivity contribution in [1.29, 1.82) is 0 Å². The van der Waals surface area contributed by atoms with Gasteiger partial charge in [0.25, 0.3) is 0 Å². The van der Waals surface area contributed by atoms with Crippen LogP contribution >= 0.6 is 11.6 Å². The third kappa shape index (κ3) is 5.95. The van der Waals surface area contributed by atoms with Gasteiger partial charge in [-0.2, -0.15) is 0 Å². The highest BCUT2D eigenvalue weighted by atomic mass is 35.5. The van der Waals surface area contributed by atoms with Gasteiger partial charge in [0, 0.05) is 5.02 Å². The lowest BCUT2D eigenvalue weighted by Gasteiger charge is -2.08. The zero-order chi connectivity index (χ0) is 16.5. The van der Waals surface area contributed by atoms with Gasteiger partial charge in [0.15, 0.2) is 0 Å². The van der Waals surface area contributed by atoms with Crippen molar-refractivity contribution in [2.75, 3.05) is 6.61 Å². The quantitative estimate of drug-likeness (QED) is 0.363. The molecule has 0 atom stereocenters. The van der Waals surface area contributed by atoms with Crippen molar-refractivity contribution < 1.29 is 14.3 Å². The molecule has 0 unspecified atom stereocenters. The molecule has 0 spiro atoms. The Kier molecular flexibility index (Phi) is 6.95. The first-order valence-corrected chi connectivity index (χ1v) is 8.27. The number of ether oxygens (including phenoxy) is 2. The third-order valence-electron chi connectivity index (χ3n) is 3.38. The summed E-state index contributed by atoms with van der Waals surface area (Å²) in [5, 5.41) is 0.585. The lowest BCUT2D eigenvalue weighted by Crippen LogP contribution is -2.08. The maximum absolute atomic E-state index is 12.0. The van der Waals surface area contributed by atoms with Crippen LogP contribution in [-0.2, 0) is 0 Å². The summed E-state index contributed by atoms with van der Waals surface area (Å²) in [6.07, 6.45) is 4.70. The Morgan fingerprint density at radius 1 is 0.913 bits per heavy atom. The molecule has 3 nitrogen and oxygen atoms in total. The summed E-state index contributed by atoms with van der Waals surface area (Å²) in [7, 11) is 0. The Balaban J connectivity index is 1.82. The Morgan fingerprint density at radius 3 is 2.22 bits per heavy atom. The van der Waals surface area contributed by atoms with E-state index in [-0.39, 0.29) is 0 Å². The van der Waals surface area contributed by atoms with Crippen molar-refractivity contribution in [1.82, 2.24) is 0 Å². The lowest BCUT2D eigenvalue weighted by atomic mass is 10.2. The van der Waals surface area contributed by atoms with Crippen LogP contribution in [0.5, 0.6) is 11.5 Å². The van der Waals surface area contributed by atoms with E-state index in [9.17, 15) is 4.79 Å². The molecule has 122 valence electrons. The molecule has 2 aromatic carbocycles. The number of esters is 1. The van der Waals surface area contributed by atoms with Gasteiger partial charge in [0.1, 0.15) is 11.5 Å². The first-order chi connectivity index (χ1) is 11.2. The van der Waals surface area contributed by atoms with Crippen LogP contribution in [0, 0.1) is 0 Å². The predicted octanol–water partition coefficient (Wildman–Crippen LogP) is 5.52. The lowest BCUT2D eigenvalue weighted by molar-refractivity contribution is 0.0734. The predicted molar refractivity (Wildman–Crippen MR) is 92.5 cm³/mol. The number of benzene rings is 2. The maximum atomic E-state index is 12.0. The molecule has 0 fully saturated rings. The number of carbonyl (C=O) groups excluding carboxylic acids is 1. The molecule has 2 rings (SSSR count). The minimum absolute atomic E-state index is 0.407. The molecule has 4 heteroatoms. The first kappa shape index (κ1) is 17.4. The van der Waals surface area contributed by atoms with E-state index in [1.165, 1.54) is 19.3 Å². The smallest absolute Gasteiger partial charge is 0.343 e. The van der Waals surface area contributed by atoms with Crippen molar-refractivity contribution in [3.05, 3.63) is 59.1 Å². The maximum Gasteiger partial charge on any atom is 0.343 e. The van der Waals surface area contributed by atoms with Crippen LogP contribution in [0.4, 0.5) is 0 Å². The minimum Gasteiger partial charge on any atom is -0.494 e. The van der Waals surface area contributed by atoms with Gasteiger partial charge in [-0.05, 0) is 55.0 Å². The van der Waals surface area contributed by atoms with Gasteiger partial charge in [0.2, 0.25) is 0 Å². The first-order valence-electron chi connectivity index (χ1n) is 7.89. The second-order valence-corrected chi connectivity index (χ2v) is 5.71. The van der Waals surface area contributed by atoms with Crippen molar-refractivity contribution in [3.8, 4) is 11.5 Å². The molecule has 0 aromatic heterocycles. The molecule has 0 radical (unpaired) electrons. The molecule has 0 bridgehead atoms. The van der Waals surface area contributed by atoms with Gasteiger partial charge in [-0.1, -0.05) is 37.8 Å². The summed E-state index contributed by atoms with van der Waals surface area (Å²) >= 11 is 5.80. The number of halogens is 1. The molecule has 0 heterocycles. The fourth-order valence-corrected chi connectivity index (χ4v) is 2.20. The zero-order valence-electron chi connectivity index (χ0n) is 13.3. The van der Waals surface area contributed by atoms with Gasteiger partial charge in [-0.15, -0.1) is 0 Å². The molecule has 0 N–H and O–H groups in total. The number of unbranched alkanes of at least 4 members (excludes halogenated alkanes) is 3. The van der Waals surface area contributed by atoms with E-state index >= 15 is 0 Å². The normalized spacial score (nSPS) is 10.3. The highest BCUT2D eigenvalue weighted by Crippen LogP contribution is 2.19. The average molecular weight is 333 g/mol. The molecule has 0 aliphatic rings. The van der Waals surface area contributed by atoms with Crippen molar-refractivity contribution in [2.24, 2.45) is 0 Å². The van der Waals surface area contributed by atoms with Crippen molar-refractivity contribution >= 4 is 17.6 Å². The average Bonchev–Trinajstić information content (AvgIpc) is 2.57. The second-order valence-electron chi connectivity index (χ2n) is 5.28. The van der Waals surface area contributed by atoms with E-state index in [0.29, 0.717) is 22.9 Å². The minimum atomic E-state index is -0.407. The molecular weight excluding hydrogens is 312 g/mol.